The molecule has 0 aliphatic carbocycles. The maximum absolute atomic E-state index is 13.2. The normalized spacial score (nSPS) is 21.9. The highest BCUT2D eigenvalue weighted by Gasteiger charge is 2.55. The van der Waals surface area contributed by atoms with E-state index in [9.17, 15) is 22.8 Å². The molecule has 0 spiro atoms. The number of hydrogen-bond acceptors (Lipinski definition) is 8. The molecule has 2 rings (SSSR count). The molecule has 2 unspecified atom stereocenters. The van der Waals surface area contributed by atoms with Crippen molar-refractivity contribution in [3.63, 3.8) is 0 Å². The second kappa shape index (κ2) is 14.5. The number of halogens is 3. The first kappa shape index (κ1) is 43.1. The van der Waals surface area contributed by atoms with Gasteiger partial charge in [0.05, 0.1) is 18.7 Å². The molecule has 1 fully saturated rings. The maximum Gasteiger partial charge on any atom is 0.471 e. The van der Waals surface area contributed by atoms with E-state index in [1.165, 1.54) is 18.0 Å². The van der Waals surface area contributed by atoms with Crippen LogP contribution in [-0.2, 0) is 29.4 Å². The van der Waals surface area contributed by atoms with Gasteiger partial charge in [-0.1, -0.05) is 74.1 Å². The number of carbonyl (C=O) groups is 1. The number of hydrogen-bond donors (Lipinski definition) is 0. The lowest BCUT2D eigenvalue weighted by Gasteiger charge is -2.44. The Morgan fingerprint density at radius 2 is 1.35 bits per heavy atom. The van der Waals surface area contributed by atoms with Gasteiger partial charge < -0.3 is 22.9 Å². The molecule has 16 heteroatoms. The van der Waals surface area contributed by atoms with Crippen molar-refractivity contribution in [1.82, 2.24) is 14.5 Å². The van der Waals surface area contributed by atoms with E-state index in [-0.39, 0.29) is 27.3 Å². The van der Waals surface area contributed by atoms with Gasteiger partial charge in [-0.05, 0) is 60.7 Å². The van der Waals surface area contributed by atoms with Crippen LogP contribution in [0.3, 0.4) is 0 Å². The Kier molecular flexibility index (Phi) is 13.1. The summed E-state index contributed by atoms with van der Waals surface area (Å²) in [4.78, 5) is 29.8. The van der Waals surface area contributed by atoms with Crippen molar-refractivity contribution in [2.45, 2.75) is 159 Å². The minimum atomic E-state index is -5.08. The number of aromatic nitrogens is 2. The van der Waals surface area contributed by atoms with Gasteiger partial charge in [0.25, 0.3) is 5.56 Å². The molecular formula is C32H60F3N3O6SSi3. The van der Waals surface area contributed by atoms with E-state index >= 15 is 0 Å². The largest absolute Gasteiger partial charge is 0.471 e. The van der Waals surface area contributed by atoms with E-state index in [1.807, 2.05) is 0 Å². The summed E-state index contributed by atoms with van der Waals surface area (Å²) in [5.41, 5.74) is -0.797. The Morgan fingerprint density at radius 1 is 0.896 bits per heavy atom. The third-order valence-electron chi connectivity index (χ3n) is 10.6. The van der Waals surface area contributed by atoms with Crippen LogP contribution in [0.25, 0.3) is 0 Å². The van der Waals surface area contributed by atoms with Crippen LogP contribution in [0, 0.1) is 0 Å². The fourth-order valence-corrected chi connectivity index (χ4v) is 8.52. The van der Waals surface area contributed by atoms with Crippen LogP contribution in [0.5, 0.6) is 0 Å². The molecule has 1 saturated heterocycles. The predicted molar refractivity (Wildman–Crippen MR) is 194 cm³/mol. The summed E-state index contributed by atoms with van der Waals surface area (Å²) in [6.45, 7) is 32.1. The number of rotatable bonds is 11. The molecule has 0 bridgehead atoms. The van der Waals surface area contributed by atoms with Crippen LogP contribution < -0.4 is 5.56 Å². The molecule has 278 valence electrons. The first-order valence-electron chi connectivity index (χ1n) is 16.4. The molecular weight excluding hydrogens is 696 g/mol. The Labute approximate surface area is 293 Å². The zero-order chi connectivity index (χ0) is 37.6. The van der Waals surface area contributed by atoms with Crippen molar-refractivity contribution in [3.05, 3.63) is 22.1 Å². The third kappa shape index (κ3) is 9.85. The lowest BCUT2D eigenvalue weighted by atomic mass is 10.1. The van der Waals surface area contributed by atoms with Crippen LogP contribution in [0.1, 0.15) is 74.1 Å². The molecule has 9 nitrogen and oxygen atoms in total. The van der Waals surface area contributed by atoms with Gasteiger partial charge in [-0.3, -0.25) is 14.2 Å². The van der Waals surface area contributed by atoms with Crippen LogP contribution >= 0.6 is 11.8 Å². The summed E-state index contributed by atoms with van der Waals surface area (Å²) in [6, 6.07) is 0. The van der Waals surface area contributed by atoms with Crippen molar-refractivity contribution in [2.75, 3.05) is 19.9 Å². The van der Waals surface area contributed by atoms with E-state index in [0.717, 1.165) is 7.05 Å². The minimum absolute atomic E-state index is 0.0543. The molecule has 1 aliphatic heterocycles. The number of thioether (sulfide) groups is 1. The zero-order valence-corrected chi connectivity index (χ0v) is 36.0. The fourth-order valence-electron chi connectivity index (χ4n) is 4.36. The summed E-state index contributed by atoms with van der Waals surface area (Å²) >= 11 is 1.21. The van der Waals surface area contributed by atoms with Crippen LogP contribution in [0.4, 0.5) is 13.2 Å². The molecule has 48 heavy (non-hydrogen) atoms. The predicted octanol–water partition coefficient (Wildman–Crippen LogP) is 8.19. The van der Waals surface area contributed by atoms with Gasteiger partial charge in [-0.15, -0.1) is 0 Å². The fraction of sp³-hybridized carbons (Fsp3) is 0.844. The van der Waals surface area contributed by atoms with Crippen LogP contribution in [0.2, 0.25) is 54.4 Å². The van der Waals surface area contributed by atoms with Crippen molar-refractivity contribution in [3.8, 4) is 0 Å². The highest BCUT2D eigenvalue weighted by Crippen LogP contribution is 2.47. The van der Waals surface area contributed by atoms with Gasteiger partial charge in [0.15, 0.2) is 36.3 Å². The molecule has 4 atom stereocenters. The number of amides is 1. The van der Waals surface area contributed by atoms with Gasteiger partial charge in [-0.2, -0.15) is 18.2 Å². The van der Waals surface area contributed by atoms with E-state index in [0.29, 0.717) is 10.1 Å². The molecule has 0 aromatic carbocycles. The molecule has 1 aromatic heterocycles. The van der Waals surface area contributed by atoms with E-state index < -0.39 is 73.7 Å². The quantitative estimate of drug-likeness (QED) is 0.127. The summed E-state index contributed by atoms with van der Waals surface area (Å²) in [5.74, 6) is -2.05. The first-order chi connectivity index (χ1) is 21.3. The lowest BCUT2D eigenvalue weighted by molar-refractivity contribution is -0.184. The smallest absolute Gasteiger partial charge is 0.414 e. The molecule has 2 heterocycles. The molecule has 1 aliphatic rings. The summed E-state index contributed by atoms with van der Waals surface area (Å²) in [7, 11) is -6.15. The number of ether oxygens (including phenoxy) is 1. The summed E-state index contributed by atoms with van der Waals surface area (Å²) in [5, 5.41) is -0.0605. The van der Waals surface area contributed by atoms with Crippen molar-refractivity contribution < 1.29 is 36.0 Å². The highest BCUT2D eigenvalue weighted by molar-refractivity contribution is 7.98. The van der Waals surface area contributed by atoms with Gasteiger partial charge >= 0.3 is 12.1 Å². The number of alkyl halides is 3. The second-order valence-corrected chi connectivity index (χ2v) is 32.5. The molecule has 0 radical (unpaired) electrons. The van der Waals surface area contributed by atoms with Crippen molar-refractivity contribution in [2.24, 2.45) is 0 Å². The Morgan fingerprint density at radius 3 is 1.77 bits per heavy atom. The SMILES string of the molecule is CSc1nc(=O)c(CN(C)C(=O)C(F)(F)F)cn1[C@@H]1O[C@H](CO[Si](C)(C)C(C)(C)C)C(O[Si](C)(C)C(C)(C)C)C1O[Si](C)(C)C(C)(C)C. The second-order valence-electron chi connectivity index (χ2n) is 17.4. The summed E-state index contributed by atoms with van der Waals surface area (Å²) < 4.78 is 69.4. The Balaban J connectivity index is 2.83. The standard InChI is InChI=1S/C32H60F3N3O6SSi3/c1-29(2,3)46(12,13)41-20-22-23(43-47(14,15)30(4,5)6)24(44-48(16,17)31(7,8)9)26(42-22)38-19-21(25(39)36-28(38)45-11)18-37(10)27(40)32(33,34)35/h19,22-24,26H,18,20H2,1-17H3/t22-,23?,24?,26-/m1/s1. The first-order valence-corrected chi connectivity index (χ1v) is 26.4. The van der Waals surface area contributed by atoms with E-state index in [4.69, 9.17) is 18.0 Å². The third-order valence-corrected chi connectivity index (χ3v) is 24.7. The van der Waals surface area contributed by atoms with Gasteiger partial charge in [-0.25, -0.2) is 0 Å². The molecule has 1 amide bonds. The zero-order valence-electron chi connectivity index (χ0n) is 32.1. The van der Waals surface area contributed by atoms with Gasteiger partial charge in [0.1, 0.15) is 18.3 Å². The minimum Gasteiger partial charge on any atom is -0.414 e. The average Bonchev–Trinajstić information content (AvgIpc) is 3.20. The van der Waals surface area contributed by atoms with Gasteiger partial charge in [0.2, 0.25) is 0 Å². The van der Waals surface area contributed by atoms with Gasteiger partial charge in [0, 0.05) is 13.2 Å². The average molecular weight is 756 g/mol. The molecule has 0 N–H and O–H groups in total. The Hall–Kier alpha value is -1.02. The number of nitrogens with zero attached hydrogens (tertiary/aromatic N) is 3. The van der Waals surface area contributed by atoms with Crippen molar-refractivity contribution in [1.29, 1.82) is 0 Å². The van der Waals surface area contributed by atoms with Crippen LogP contribution in [-0.4, -0.2) is 89.7 Å². The lowest BCUT2D eigenvalue weighted by Crippen LogP contribution is -2.54. The monoisotopic (exact) mass is 755 g/mol. The molecule has 0 saturated carbocycles. The van der Waals surface area contributed by atoms with Crippen molar-refractivity contribution >= 4 is 42.6 Å². The van der Waals surface area contributed by atoms with E-state index in [1.54, 1.807) is 10.8 Å². The Bertz CT molecular complexity index is 1350. The maximum atomic E-state index is 13.2. The van der Waals surface area contributed by atoms with E-state index in [2.05, 4.69) is 107 Å². The number of carbonyl (C=O) groups excluding carboxylic acids is 1. The molecule has 1 aromatic rings. The summed E-state index contributed by atoms with van der Waals surface area (Å²) in [6.07, 6.45) is -4.48. The topological polar surface area (TPSA) is 92.1 Å². The highest BCUT2D eigenvalue weighted by atomic mass is 32.2. The van der Waals surface area contributed by atoms with Crippen LogP contribution in [0.15, 0.2) is 16.1 Å².